The molecule has 0 saturated heterocycles. The van der Waals surface area contributed by atoms with E-state index in [0.717, 1.165) is 54.8 Å². The Bertz CT molecular complexity index is 923. The lowest BCUT2D eigenvalue weighted by Gasteiger charge is -2.55. The van der Waals surface area contributed by atoms with Crippen LogP contribution < -0.4 is 5.32 Å². The maximum Gasteiger partial charge on any atom is 0.407 e. The van der Waals surface area contributed by atoms with Gasteiger partial charge in [-0.1, -0.05) is 88.4 Å². The number of hydrogen-bond acceptors (Lipinski definition) is 2. The SMILES string of the molecule is CC(C)CCCCC1CCC2C1CCC1C2CC=C2CC(OC(=O)NCCc3ccccc3)CCC21C. The van der Waals surface area contributed by atoms with Gasteiger partial charge in [0.1, 0.15) is 6.10 Å². The van der Waals surface area contributed by atoms with Crippen LogP contribution in [0.3, 0.4) is 0 Å². The maximum atomic E-state index is 12.5. The molecule has 204 valence electrons. The standard InChI is InChI=1S/C34H51NO2/c1-24(2)9-7-8-12-26-13-15-30-29(26)17-18-32-31(30)16-14-27-23-28(19-21-34(27,32)3)37-33(36)35-22-20-25-10-5-4-6-11-25/h4-6,10-11,14,24,26,28-32H,7-9,12-13,15-23H2,1-3H3,(H,35,36). The molecule has 3 saturated carbocycles. The summed E-state index contributed by atoms with van der Waals surface area (Å²) in [6.45, 7) is 7.91. The molecule has 4 aliphatic rings. The number of benzene rings is 1. The van der Waals surface area contributed by atoms with E-state index in [-0.39, 0.29) is 12.2 Å². The van der Waals surface area contributed by atoms with Crippen LogP contribution in [-0.2, 0) is 11.2 Å². The second kappa shape index (κ2) is 12.0. The van der Waals surface area contributed by atoms with Crippen molar-refractivity contribution in [3.05, 3.63) is 47.5 Å². The van der Waals surface area contributed by atoms with Gasteiger partial charge in [-0.25, -0.2) is 4.79 Å². The molecule has 1 aromatic rings. The Kier molecular flexibility index (Phi) is 8.67. The molecule has 1 N–H and O–H groups in total. The van der Waals surface area contributed by atoms with Crippen LogP contribution >= 0.6 is 0 Å². The van der Waals surface area contributed by atoms with Gasteiger partial charge in [0.2, 0.25) is 0 Å². The molecular formula is C34H51NO2. The van der Waals surface area contributed by atoms with Crippen molar-refractivity contribution in [3.8, 4) is 0 Å². The van der Waals surface area contributed by atoms with Crippen LogP contribution in [-0.4, -0.2) is 18.7 Å². The van der Waals surface area contributed by atoms with E-state index in [1.807, 2.05) is 18.2 Å². The van der Waals surface area contributed by atoms with E-state index in [2.05, 4.69) is 44.3 Å². The zero-order valence-corrected chi connectivity index (χ0v) is 23.7. The monoisotopic (exact) mass is 505 g/mol. The summed E-state index contributed by atoms with van der Waals surface area (Å²) in [4.78, 5) is 12.5. The number of unbranched alkanes of at least 4 members (excludes halogenated alkanes) is 1. The Hall–Kier alpha value is -1.77. The number of carbonyl (C=O) groups is 1. The normalized spacial score (nSPS) is 34.8. The second-order valence-corrected chi connectivity index (χ2v) is 13.5. The van der Waals surface area contributed by atoms with E-state index >= 15 is 0 Å². The highest BCUT2D eigenvalue weighted by Gasteiger charge is 2.54. The lowest BCUT2D eigenvalue weighted by atomic mass is 9.50. The summed E-state index contributed by atoms with van der Waals surface area (Å²) in [5.41, 5.74) is 3.17. The van der Waals surface area contributed by atoms with Gasteiger partial charge in [-0.05, 0) is 97.9 Å². The third-order valence-electron chi connectivity index (χ3n) is 10.9. The summed E-state index contributed by atoms with van der Waals surface area (Å²) in [6.07, 6.45) is 19.2. The molecule has 3 heteroatoms. The molecule has 37 heavy (non-hydrogen) atoms. The first kappa shape index (κ1) is 26.8. The van der Waals surface area contributed by atoms with E-state index in [9.17, 15) is 4.79 Å². The number of ether oxygens (including phenoxy) is 1. The summed E-state index contributed by atoms with van der Waals surface area (Å²) < 4.78 is 5.91. The van der Waals surface area contributed by atoms with Crippen LogP contribution in [0.2, 0.25) is 0 Å². The first-order valence-electron chi connectivity index (χ1n) is 15.6. The van der Waals surface area contributed by atoms with Gasteiger partial charge in [0.15, 0.2) is 0 Å². The molecule has 5 rings (SSSR count). The molecule has 0 spiro atoms. The Morgan fingerprint density at radius 3 is 2.65 bits per heavy atom. The van der Waals surface area contributed by atoms with Crippen molar-refractivity contribution < 1.29 is 9.53 Å². The molecule has 4 aliphatic carbocycles. The van der Waals surface area contributed by atoms with Gasteiger partial charge in [0.25, 0.3) is 0 Å². The van der Waals surface area contributed by atoms with E-state index in [1.54, 1.807) is 5.57 Å². The molecule has 1 amide bonds. The third-order valence-corrected chi connectivity index (χ3v) is 10.9. The molecule has 7 unspecified atom stereocenters. The molecule has 3 nitrogen and oxygen atoms in total. The largest absolute Gasteiger partial charge is 0.446 e. The number of alkyl carbamates (subject to hydrolysis) is 1. The maximum absolute atomic E-state index is 12.5. The van der Waals surface area contributed by atoms with Gasteiger partial charge in [-0.3, -0.25) is 0 Å². The Morgan fingerprint density at radius 1 is 1.03 bits per heavy atom. The minimum absolute atomic E-state index is 0.0330. The van der Waals surface area contributed by atoms with Gasteiger partial charge in [-0.15, -0.1) is 0 Å². The number of hydrogen-bond donors (Lipinski definition) is 1. The number of amides is 1. The van der Waals surface area contributed by atoms with E-state index in [0.29, 0.717) is 12.0 Å². The summed E-state index contributed by atoms with van der Waals surface area (Å²) in [7, 11) is 0. The van der Waals surface area contributed by atoms with E-state index < -0.39 is 0 Å². The van der Waals surface area contributed by atoms with Crippen LogP contribution in [0.15, 0.2) is 42.0 Å². The molecule has 1 aromatic carbocycles. The van der Waals surface area contributed by atoms with Crippen molar-refractivity contribution in [2.24, 2.45) is 40.9 Å². The highest BCUT2D eigenvalue weighted by atomic mass is 16.6. The summed E-state index contributed by atoms with van der Waals surface area (Å²) in [5.74, 6) is 5.55. The predicted molar refractivity (Wildman–Crippen MR) is 152 cm³/mol. The topological polar surface area (TPSA) is 38.3 Å². The quantitative estimate of drug-likeness (QED) is 0.269. The molecule has 7 atom stereocenters. The fourth-order valence-corrected chi connectivity index (χ4v) is 8.97. The van der Waals surface area contributed by atoms with E-state index in [1.165, 1.54) is 69.8 Å². The Labute approximate surface area is 226 Å². The lowest BCUT2D eigenvalue weighted by molar-refractivity contribution is -0.0153. The Morgan fingerprint density at radius 2 is 1.84 bits per heavy atom. The highest BCUT2D eigenvalue weighted by molar-refractivity contribution is 5.67. The van der Waals surface area contributed by atoms with Crippen LogP contribution in [0.1, 0.15) is 103 Å². The smallest absolute Gasteiger partial charge is 0.407 e. The fraction of sp³-hybridized carbons (Fsp3) is 0.735. The average Bonchev–Trinajstić information content (AvgIpc) is 3.31. The molecule has 3 fully saturated rings. The number of carbonyl (C=O) groups excluding carboxylic acids is 1. The highest BCUT2D eigenvalue weighted by Crippen LogP contribution is 2.62. The summed E-state index contributed by atoms with van der Waals surface area (Å²) >= 11 is 0. The molecule has 0 aliphatic heterocycles. The van der Waals surface area contributed by atoms with Crippen molar-refractivity contribution in [1.29, 1.82) is 0 Å². The van der Waals surface area contributed by atoms with E-state index in [4.69, 9.17) is 4.74 Å². The number of nitrogens with one attached hydrogen (secondary N) is 1. The van der Waals surface area contributed by atoms with Gasteiger partial charge in [0.05, 0.1) is 0 Å². The zero-order chi connectivity index (χ0) is 25.8. The molecule has 0 aromatic heterocycles. The van der Waals surface area contributed by atoms with Crippen LogP contribution in [0.4, 0.5) is 4.79 Å². The predicted octanol–water partition coefficient (Wildman–Crippen LogP) is 8.73. The molecule has 0 heterocycles. The van der Waals surface area contributed by atoms with Crippen molar-refractivity contribution >= 4 is 6.09 Å². The summed E-state index contributed by atoms with van der Waals surface area (Å²) in [6, 6.07) is 10.3. The van der Waals surface area contributed by atoms with Crippen molar-refractivity contribution in [2.75, 3.05) is 6.54 Å². The molecule has 0 radical (unpaired) electrons. The lowest BCUT2D eigenvalue weighted by Crippen LogP contribution is -2.48. The minimum Gasteiger partial charge on any atom is -0.446 e. The first-order valence-corrected chi connectivity index (χ1v) is 15.6. The van der Waals surface area contributed by atoms with Crippen LogP contribution in [0.5, 0.6) is 0 Å². The Balaban J connectivity index is 1.12. The van der Waals surface area contributed by atoms with Crippen molar-refractivity contribution in [1.82, 2.24) is 5.32 Å². The van der Waals surface area contributed by atoms with Crippen LogP contribution in [0.25, 0.3) is 0 Å². The van der Waals surface area contributed by atoms with Crippen molar-refractivity contribution in [2.45, 2.75) is 110 Å². The molecule has 0 bridgehead atoms. The average molecular weight is 506 g/mol. The summed E-state index contributed by atoms with van der Waals surface area (Å²) in [5, 5.41) is 2.98. The fourth-order valence-electron chi connectivity index (χ4n) is 8.97. The third kappa shape index (κ3) is 6.12. The van der Waals surface area contributed by atoms with Crippen LogP contribution in [0, 0.1) is 40.9 Å². The van der Waals surface area contributed by atoms with Gasteiger partial charge >= 0.3 is 6.09 Å². The van der Waals surface area contributed by atoms with Gasteiger partial charge in [-0.2, -0.15) is 0 Å². The second-order valence-electron chi connectivity index (χ2n) is 13.5. The number of allylic oxidation sites excluding steroid dienone is 1. The number of rotatable bonds is 9. The molecular weight excluding hydrogens is 454 g/mol. The van der Waals surface area contributed by atoms with Crippen molar-refractivity contribution in [3.63, 3.8) is 0 Å². The minimum atomic E-state index is -0.246. The van der Waals surface area contributed by atoms with Gasteiger partial charge in [0, 0.05) is 13.0 Å². The number of fused-ring (bicyclic) bond motifs is 5. The first-order chi connectivity index (χ1) is 17.9. The zero-order valence-electron chi connectivity index (χ0n) is 23.7. The van der Waals surface area contributed by atoms with Gasteiger partial charge < -0.3 is 10.1 Å².